The molecule has 5 nitrogen and oxygen atoms in total. The number of methoxy groups -OCH3 is 1. The molecule has 1 aromatic rings. The molecule has 0 saturated heterocycles. The van der Waals surface area contributed by atoms with E-state index in [4.69, 9.17) is 22.7 Å². The molecule has 0 spiro atoms. The molecule has 18 heavy (non-hydrogen) atoms. The molecule has 1 aliphatic rings. The van der Waals surface area contributed by atoms with Gasteiger partial charge in [0.25, 0.3) is 0 Å². The van der Waals surface area contributed by atoms with E-state index in [0.29, 0.717) is 17.7 Å². The second-order valence-electron chi connectivity index (χ2n) is 4.13. The van der Waals surface area contributed by atoms with Crippen LogP contribution in [-0.2, 0) is 14.8 Å². The van der Waals surface area contributed by atoms with Gasteiger partial charge in [0.05, 0.1) is 11.0 Å². The zero-order valence-corrected chi connectivity index (χ0v) is 12.2. The highest BCUT2D eigenvalue weighted by molar-refractivity contribution is 7.91. The number of hydrogen-bond donors (Lipinski definition) is 2. The van der Waals surface area contributed by atoms with E-state index >= 15 is 0 Å². The molecule has 1 aliphatic carbocycles. The molecule has 0 unspecified atom stereocenters. The van der Waals surface area contributed by atoms with Gasteiger partial charge in [-0.2, -0.15) is 0 Å². The van der Waals surface area contributed by atoms with Crippen LogP contribution in [0.4, 0.5) is 0 Å². The van der Waals surface area contributed by atoms with Gasteiger partial charge in [-0.05, 0) is 25.0 Å². The van der Waals surface area contributed by atoms with E-state index in [1.807, 2.05) is 0 Å². The highest BCUT2D eigenvalue weighted by Gasteiger charge is 2.33. The van der Waals surface area contributed by atoms with Gasteiger partial charge in [0.15, 0.2) is 0 Å². The Labute approximate surface area is 115 Å². The van der Waals surface area contributed by atoms with Gasteiger partial charge >= 0.3 is 0 Å². The Bertz CT molecular complexity index is 546. The van der Waals surface area contributed by atoms with Crippen molar-refractivity contribution in [2.75, 3.05) is 7.11 Å². The number of nitrogens with two attached hydrogens (primary N) is 1. The van der Waals surface area contributed by atoms with Gasteiger partial charge in [-0.3, -0.25) is 0 Å². The maximum Gasteiger partial charge on any atom is 0.250 e. The second-order valence-corrected chi connectivity index (χ2v) is 7.59. The van der Waals surface area contributed by atoms with Crippen molar-refractivity contribution < 1.29 is 13.2 Å². The van der Waals surface area contributed by atoms with Crippen molar-refractivity contribution in [3.63, 3.8) is 0 Å². The fraction of sp³-hybridized carbons (Fsp3) is 0.500. The molecular weight excluding hydrogens is 292 g/mol. The number of thiocarbonyl (C=S) groups is 1. The molecule has 0 amide bonds. The maximum atomic E-state index is 12.0. The largest absolute Gasteiger partial charge is 0.389 e. The third-order valence-electron chi connectivity index (χ3n) is 2.84. The van der Waals surface area contributed by atoms with Crippen LogP contribution in [0.15, 0.2) is 16.3 Å². The summed E-state index contributed by atoms with van der Waals surface area (Å²) in [4.78, 5) is 0.818. The molecule has 0 radical (unpaired) electrons. The summed E-state index contributed by atoms with van der Waals surface area (Å²) in [7, 11) is -1.84. The lowest BCUT2D eigenvalue weighted by molar-refractivity contribution is 0.0236. The molecule has 0 atom stereocenters. The van der Waals surface area contributed by atoms with E-state index in [9.17, 15) is 8.42 Å². The first-order valence-corrected chi connectivity index (χ1v) is 8.08. The minimum Gasteiger partial charge on any atom is -0.389 e. The molecule has 1 fully saturated rings. The van der Waals surface area contributed by atoms with Crippen LogP contribution in [0.1, 0.15) is 17.7 Å². The van der Waals surface area contributed by atoms with Crippen LogP contribution >= 0.6 is 23.6 Å². The first-order chi connectivity index (χ1) is 8.42. The van der Waals surface area contributed by atoms with Crippen LogP contribution in [0.2, 0.25) is 0 Å². The monoisotopic (exact) mass is 306 g/mol. The molecular formula is C10H14N2O3S3. The number of rotatable bonds is 5. The van der Waals surface area contributed by atoms with Crippen molar-refractivity contribution >= 4 is 38.6 Å². The number of sulfonamides is 1. The molecule has 0 aromatic carbocycles. The molecule has 0 bridgehead atoms. The second kappa shape index (κ2) is 5.22. The Hall–Kier alpha value is -0.540. The highest BCUT2D eigenvalue weighted by atomic mass is 32.2. The SMILES string of the molecule is COC1CC(NS(=O)(=O)c2ccc(C(N)=S)s2)C1. The topological polar surface area (TPSA) is 81.4 Å². The fourth-order valence-electron chi connectivity index (χ4n) is 1.73. The Morgan fingerprint density at radius 3 is 2.72 bits per heavy atom. The average molecular weight is 306 g/mol. The maximum absolute atomic E-state index is 12.0. The Morgan fingerprint density at radius 2 is 2.22 bits per heavy atom. The number of nitrogens with one attached hydrogen (secondary N) is 1. The van der Waals surface area contributed by atoms with Crippen LogP contribution in [0.3, 0.4) is 0 Å². The standard InChI is InChI=1S/C10H14N2O3S3/c1-15-7-4-6(5-7)12-18(13,14)9-3-2-8(17-9)10(11)16/h2-3,6-7,12H,4-5H2,1H3,(H2,11,16). The van der Waals surface area contributed by atoms with Crippen LogP contribution in [-0.4, -0.2) is 32.7 Å². The summed E-state index contributed by atoms with van der Waals surface area (Å²) >= 11 is 5.89. The predicted molar refractivity (Wildman–Crippen MR) is 74.3 cm³/mol. The van der Waals surface area contributed by atoms with Gasteiger partial charge in [-0.25, -0.2) is 13.1 Å². The number of hydrogen-bond acceptors (Lipinski definition) is 5. The third-order valence-corrected chi connectivity index (χ3v) is 6.32. The molecule has 1 aromatic heterocycles. The van der Waals surface area contributed by atoms with Crippen molar-refractivity contribution in [1.82, 2.24) is 4.72 Å². The van der Waals surface area contributed by atoms with Crippen molar-refractivity contribution in [2.24, 2.45) is 5.73 Å². The van der Waals surface area contributed by atoms with Gasteiger partial charge in [-0.1, -0.05) is 12.2 Å². The van der Waals surface area contributed by atoms with Gasteiger partial charge in [-0.15, -0.1) is 11.3 Å². The lowest BCUT2D eigenvalue weighted by Gasteiger charge is -2.34. The minimum atomic E-state index is -3.47. The first-order valence-electron chi connectivity index (χ1n) is 5.37. The zero-order chi connectivity index (χ0) is 13.3. The van der Waals surface area contributed by atoms with Crippen LogP contribution in [0.5, 0.6) is 0 Å². The lowest BCUT2D eigenvalue weighted by atomic mass is 9.90. The molecule has 8 heteroatoms. The normalized spacial score (nSPS) is 23.6. The van der Waals surface area contributed by atoms with Gasteiger partial charge < -0.3 is 10.5 Å². The molecule has 100 valence electrons. The zero-order valence-electron chi connectivity index (χ0n) is 9.75. The van der Waals surface area contributed by atoms with Gasteiger partial charge in [0.2, 0.25) is 10.0 Å². The smallest absolute Gasteiger partial charge is 0.250 e. The van der Waals surface area contributed by atoms with Crippen molar-refractivity contribution in [3.8, 4) is 0 Å². The Balaban J connectivity index is 2.04. The van der Waals surface area contributed by atoms with E-state index in [-0.39, 0.29) is 21.3 Å². The lowest BCUT2D eigenvalue weighted by Crippen LogP contribution is -2.47. The summed E-state index contributed by atoms with van der Waals surface area (Å²) in [5.74, 6) is 0. The molecule has 0 aliphatic heterocycles. The summed E-state index contributed by atoms with van der Waals surface area (Å²) in [5.41, 5.74) is 5.46. The van der Waals surface area contributed by atoms with Crippen molar-refractivity contribution in [3.05, 3.63) is 17.0 Å². The first kappa shape index (κ1) is 13.9. The molecule has 1 heterocycles. The number of thiophene rings is 1. The minimum absolute atomic E-state index is 0.0460. The fourth-order valence-corrected chi connectivity index (χ4v) is 4.36. The van der Waals surface area contributed by atoms with Crippen LogP contribution < -0.4 is 10.5 Å². The Morgan fingerprint density at radius 1 is 1.56 bits per heavy atom. The van der Waals surface area contributed by atoms with Gasteiger partial charge in [0, 0.05) is 13.2 Å². The van der Waals surface area contributed by atoms with Crippen molar-refractivity contribution in [1.29, 1.82) is 0 Å². The summed E-state index contributed by atoms with van der Waals surface area (Å²) in [6.45, 7) is 0. The highest BCUT2D eigenvalue weighted by Crippen LogP contribution is 2.27. The van der Waals surface area contributed by atoms with E-state index in [1.165, 1.54) is 6.07 Å². The van der Waals surface area contributed by atoms with Crippen molar-refractivity contribution in [2.45, 2.75) is 29.2 Å². The Kier molecular flexibility index (Phi) is 4.02. The summed E-state index contributed by atoms with van der Waals surface area (Å²) < 4.78 is 32.1. The summed E-state index contributed by atoms with van der Waals surface area (Å²) in [5, 5.41) is 0. The summed E-state index contributed by atoms with van der Waals surface area (Å²) in [6.07, 6.45) is 1.58. The average Bonchev–Trinajstić information content (AvgIpc) is 2.72. The summed E-state index contributed by atoms with van der Waals surface area (Å²) in [6, 6.07) is 3.10. The quantitative estimate of drug-likeness (QED) is 0.788. The van der Waals surface area contributed by atoms with E-state index in [2.05, 4.69) is 4.72 Å². The van der Waals surface area contributed by atoms with E-state index in [1.54, 1.807) is 13.2 Å². The number of ether oxygens (including phenoxy) is 1. The third kappa shape index (κ3) is 2.89. The van der Waals surface area contributed by atoms with Crippen LogP contribution in [0, 0.1) is 0 Å². The van der Waals surface area contributed by atoms with E-state index in [0.717, 1.165) is 11.3 Å². The van der Waals surface area contributed by atoms with E-state index < -0.39 is 10.0 Å². The molecule has 1 saturated carbocycles. The molecule has 2 rings (SSSR count). The van der Waals surface area contributed by atoms with Crippen LogP contribution in [0.25, 0.3) is 0 Å². The predicted octanol–water partition coefficient (Wildman–Crippen LogP) is 0.838. The molecule has 3 N–H and O–H groups in total. The van der Waals surface area contributed by atoms with Gasteiger partial charge in [0.1, 0.15) is 9.20 Å².